The van der Waals surface area contributed by atoms with Gasteiger partial charge in [0.2, 0.25) is 5.91 Å². The highest BCUT2D eigenvalue weighted by molar-refractivity contribution is 5.94. The summed E-state index contributed by atoms with van der Waals surface area (Å²) in [6.45, 7) is -0.0864. The third-order valence-electron chi connectivity index (χ3n) is 0.915. The van der Waals surface area contributed by atoms with Crippen molar-refractivity contribution < 1.29 is 14.3 Å². The lowest BCUT2D eigenvalue weighted by Crippen LogP contribution is -2.15. The maximum Gasteiger partial charge on any atom is 0.331 e. The highest BCUT2D eigenvalue weighted by atomic mass is 16.5. The molecule has 1 N–H and O–H groups in total. The first kappa shape index (κ1) is 10.2. The van der Waals surface area contributed by atoms with Crippen molar-refractivity contribution in [3.05, 3.63) is 12.2 Å². The van der Waals surface area contributed by atoms with Gasteiger partial charge in [0.15, 0.2) is 6.61 Å². The Balaban J connectivity index is 3.77. The summed E-state index contributed by atoms with van der Waals surface area (Å²) in [6.07, 6.45) is 6.91. The van der Waals surface area contributed by atoms with Gasteiger partial charge in [-0.25, -0.2) is 4.79 Å². The molecule has 0 aliphatic carbocycles. The average molecular weight is 167 g/mol. The van der Waals surface area contributed by atoms with Crippen LogP contribution in [-0.2, 0) is 14.3 Å². The molecular formula is C8H9NO3. The van der Waals surface area contributed by atoms with Crippen LogP contribution in [0.4, 0.5) is 0 Å². The smallest absolute Gasteiger partial charge is 0.331 e. The minimum absolute atomic E-state index is 0.0864. The standard InChI is InChI=1S/C8H9NO3/c1-3-6-12-8(11)5-4-7(10)9-2/h1,4-5H,6H2,2H3,(H,9,10)/b5-4+. The second kappa shape index (κ2) is 5.98. The Morgan fingerprint density at radius 3 is 2.75 bits per heavy atom. The van der Waals surface area contributed by atoms with Crippen LogP contribution >= 0.6 is 0 Å². The predicted octanol–water partition coefficient (Wildman–Crippen LogP) is -0.535. The van der Waals surface area contributed by atoms with E-state index < -0.39 is 5.97 Å². The lowest BCUT2D eigenvalue weighted by Gasteiger charge is -1.93. The second-order valence-corrected chi connectivity index (χ2v) is 1.76. The van der Waals surface area contributed by atoms with Gasteiger partial charge in [-0.2, -0.15) is 0 Å². The van der Waals surface area contributed by atoms with Gasteiger partial charge in [-0.15, -0.1) is 6.42 Å². The molecule has 0 unspecified atom stereocenters. The number of carbonyl (C=O) groups excluding carboxylic acids is 2. The topological polar surface area (TPSA) is 55.4 Å². The minimum Gasteiger partial charge on any atom is -0.449 e. The van der Waals surface area contributed by atoms with Crippen LogP contribution < -0.4 is 5.32 Å². The number of carbonyl (C=O) groups is 2. The molecule has 0 bridgehead atoms. The highest BCUT2D eigenvalue weighted by Crippen LogP contribution is 1.80. The number of hydrogen-bond acceptors (Lipinski definition) is 3. The molecule has 0 aliphatic rings. The molecule has 0 aromatic heterocycles. The molecule has 4 heteroatoms. The SMILES string of the molecule is C#CCOC(=O)/C=C/C(=O)NC. The van der Waals surface area contributed by atoms with E-state index in [1.165, 1.54) is 7.05 Å². The van der Waals surface area contributed by atoms with Crippen molar-refractivity contribution in [3.63, 3.8) is 0 Å². The molecule has 64 valence electrons. The van der Waals surface area contributed by atoms with Gasteiger partial charge >= 0.3 is 5.97 Å². The summed E-state index contributed by atoms with van der Waals surface area (Å²) < 4.78 is 4.44. The van der Waals surface area contributed by atoms with E-state index in [4.69, 9.17) is 6.42 Å². The van der Waals surface area contributed by atoms with Crippen LogP contribution in [-0.4, -0.2) is 25.5 Å². The number of terminal acetylenes is 1. The largest absolute Gasteiger partial charge is 0.449 e. The molecule has 0 rings (SSSR count). The number of ether oxygens (including phenoxy) is 1. The number of esters is 1. The first-order valence-corrected chi connectivity index (χ1v) is 3.20. The fourth-order valence-electron chi connectivity index (χ4n) is 0.388. The van der Waals surface area contributed by atoms with Crippen LogP contribution in [0.3, 0.4) is 0 Å². The van der Waals surface area contributed by atoms with Crippen LogP contribution in [0.5, 0.6) is 0 Å². The number of hydrogen-bond donors (Lipinski definition) is 1. The maximum atomic E-state index is 10.6. The van der Waals surface area contributed by atoms with Crippen LogP contribution in [0, 0.1) is 12.3 Å². The van der Waals surface area contributed by atoms with Crippen molar-refractivity contribution in [2.45, 2.75) is 0 Å². The van der Waals surface area contributed by atoms with E-state index in [1.807, 2.05) is 0 Å². The van der Waals surface area contributed by atoms with Gasteiger partial charge in [0.05, 0.1) is 0 Å². The molecule has 0 radical (unpaired) electrons. The molecule has 0 fully saturated rings. The third-order valence-corrected chi connectivity index (χ3v) is 0.915. The molecule has 0 spiro atoms. The molecule has 0 saturated carbocycles. The Morgan fingerprint density at radius 1 is 1.58 bits per heavy atom. The van der Waals surface area contributed by atoms with Gasteiger partial charge in [0, 0.05) is 19.2 Å². The number of amides is 1. The molecule has 12 heavy (non-hydrogen) atoms. The van der Waals surface area contributed by atoms with Gasteiger partial charge in [0.25, 0.3) is 0 Å². The van der Waals surface area contributed by atoms with E-state index in [9.17, 15) is 9.59 Å². The molecule has 1 amide bonds. The van der Waals surface area contributed by atoms with Gasteiger partial charge in [0.1, 0.15) is 0 Å². The Kier molecular flexibility index (Phi) is 5.11. The van der Waals surface area contributed by atoms with Crippen LogP contribution in [0.25, 0.3) is 0 Å². The number of likely N-dealkylation sites (N-methyl/N-ethyl adjacent to an activating group) is 1. The normalized spacial score (nSPS) is 9.00. The molecule has 0 heterocycles. The first-order chi connectivity index (χ1) is 5.70. The van der Waals surface area contributed by atoms with E-state index in [0.717, 1.165) is 12.2 Å². The van der Waals surface area contributed by atoms with Gasteiger partial charge in [-0.3, -0.25) is 4.79 Å². The summed E-state index contributed by atoms with van der Waals surface area (Å²) in [5.74, 6) is 1.13. The van der Waals surface area contributed by atoms with Crippen LogP contribution in [0.2, 0.25) is 0 Å². The monoisotopic (exact) mass is 167 g/mol. The quantitative estimate of drug-likeness (QED) is 0.349. The summed E-state index contributed by atoms with van der Waals surface area (Å²) >= 11 is 0. The lowest BCUT2D eigenvalue weighted by molar-refractivity contribution is -0.136. The number of rotatable bonds is 3. The highest BCUT2D eigenvalue weighted by Gasteiger charge is 1.95. The zero-order valence-electron chi connectivity index (χ0n) is 6.66. The fourth-order valence-corrected chi connectivity index (χ4v) is 0.388. The van der Waals surface area contributed by atoms with E-state index >= 15 is 0 Å². The zero-order valence-corrected chi connectivity index (χ0v) is 6.66. The zero-order chi connectivity index (χ0) is 9.40. The van der Waals surface area contributed by atoms with Crippen molar-refractivity contribution in [2.24, 2.45) is 0 Å². The fraction of sp³-hybridized carbons (Fsp3) is 0.250. The minimum atomic E-state index is -0.628. The molecule has 0 aromatic rings. The molecule has 0 atom stereocenters. The lowest BCUT2D eigenvalue weighted by atomic mass is 10.5. The molecular weight excluding hydrogens is 158 g/mol. The van der Waals surface area contributed by atoms with Gasteiger partial charge < -0.3 is 10.1 Å². The Bertz CT molecular complexity index is 237. The van der Waals surface area contributed by atoms with Crippen molar-refractivity contribution >= 4 is 11.9 Å². The van der Waals surface area contributed by atoms with E-state index in [2.05, 4.69) is 16.0 Å². The Morgan fingerprint density at radius 2 is 2.25 bits per heavy atom. The Hall–Kier alpha value is -1.76. The van der Waals surface area contributed by atoms with Gasteiger partial charge in [-0.05, 0) is 0 Å². The van der Waals surface area contributed by atoms with E-state index in [-0.39, 0.29) is 12.5 Å². The predicted molar refractivity (Wildman–Crippen MR) is 43.0 cm³/mol. The first-order valence-electron chi connectivity index (χ1n) is 3.20. The van der Waals surface area contributed by atoms with Crippen molar-refractivity contribution in [1.29, 1.82) is 0 Å². The molecule has 0 saturated heterocycles. The van der Waals surface area contributed by atoms with Gasteiger partial charge in [-0.1, -0.05) is 5.92 Å². The van der Waals surface area contributed by atoms with E-state index in [0.29, 0.717) is 0 Å². The summed E-state index contributed by atoms with van der Waals surface area (Å²) in [5.41, 5.74) is 0. The van der Waals surface area contributed by atoms with Crippen LogP contribution in [0.1, 0.15) is 0 Å². The number of nitrogens with one attached hydrogen (secondary N) is 1. The summed E-state index contributed by atoms with van der Waals surface area (Å²) in [4.78, 5) is 21.2. The molecule has 0 aliphatic heterocycles. The molecule has 0 aromatic carbocycles. The van der Waals surface area contributed by atoms with Crippen molar-refractivity contribution in [2.75, 3.05) is 13.7 Å². The van der Waals surface area contributed by atoms with Crippen molar-refractivity contribution in [3.8, 4) is 12.3 Å². The average Bonchev–Trinajstić information content (AvgIpc) is 2.10. The maximum absolute atomic E-state index is 10.6. The van der Waals surface area contributed by atoms with E-state index in [1.54, 1.807) is 0 Å². The summed E-state index contributed by atoms with van der Waals surface area (Å²) in [6, 6.07) is 0. The summed E-state index contributed by atoms with van der Waals surface area (Å²) in [5, 5.41) is 2.30. The third kappa shape index (κ3) is 5.06. The molecule has 4 nitrogen and oxygen atoms in total. The summed E-state index contributed by atoms with van der Waals surface area (Å²) in [7, 11) is 1.46. The van der Waals surface area contributed by atoms with Crippen LogP contribution in [0.15, 0.2) is 12.2 Å². The van der Waals surface area contributed by atoms with Crippen molar-refractivity contribution in [1.82, 2.24) is 5.32 Å². The second-order valence-electron chi connectivity index (χ2n) is 1.76. The Labute approximate surface area is 70.6 Å².